The Morgan fingerprint density at radius 1 is 1.08 bits per heavy atom. The van der Waals surface area contributed by atoms with E-state index in [-0.39, 0.29) is 16.5 Å². The van der Waals surface area contributed by atoms with Crippen LogP contribution in [0.5, 0.6) is 0 Å². The van der Waals surface area contributed by atoms with Gasteiger partial charge in [-0.3, -0.25) is 9.59 Å². The maximum Gasteiger partial charge on any atom is 0.269 e. The summed E-state index contributed by atoms with van der Waals surface area (Å²) in [5.74, 6) is -1.20. The van der Waals surface area contributed by atoms with Crippen LogP contribution in [0.25, 0.3) is 0 Å². The van der Waals surface area contributed by atoms with Crippen LogP contribution in [0.15, 0.2) is 59.5 Å². The molecule has 0 aliphatic carbocycles. The van der Waals surface area contributed by atoms with E-state index < -0.39 is 28.4 Å². The molecule has 1 N–H and O–H groups in total. The molecule has 0 fully saturated rings. The van der Waals surface area contributed by atoms with E-state index in [4.69, 9.17) is 0 Å². The number of carbonyl (C=O) groups excluding carboxylic acids is 2. The Kier molecular flexibility index (Phi) is 4.11. The van der Waals surface area contributed by atoms with Crippen molar-refractivity contribution in [1.82, 2.24) is 9.62 Å². The fourth-order valence-corrected chi connectivity index (χ4v) is 4.15. The van der Waals surface area contributed by atoms with Crippen LogP contribution in [0, 0.1) is 0 Å². The van der Waals surface area contributed by atoms with Gasteiger partial charge in [0.25, 0.3) is 15.9 Å². The third-order valence-electron chi connectivity index (χ3n) is 3.88. The molecule has 2 aromatic rings. The van der Waals surface area contributed by atoms with Crippen molar-refractivity contribution in [2.24, 2.45) is 0 Å². The molecule has 1 atom stereocenters. The Labute approximate surface area is 140 Å². The van der Waals surface area contributed by atoms with Gasteiger partial charge in [-0.2, -0.15) is 0 Å². The van der Waals surface area contributed by atoms with E-state index in [1.165, 1.54) is 12.1 Å². The summed E-state index contributed by atoms with van der Waals surface area (Å²) in [4.78, 5) is 24.4. The molecule has 1 aliphatic heterocycles. The number of rotatable bonds is 4. The number of hydrogen-bond donors (Lipinski definition) is 1. The molecule has 0 unspecified atom stereocenters. The maximum atomic E-state index is 12.4. The molecule has 0 saturated carbocycles. The zero-order valence-corrected chi connectivity index (χ0v) is 13.8. The molecular formula is C17H16N2O4S. The number of fused-ring (bicyclic) bond motifs is 1. The summed E-state index contributed by atoms with van der Waals surface area (Å²) >= 11 is 0. The molecule has 124 valence electrons. The van der Waals surface area contributed by atoms with Gasteiger partial charge in [-0.25, -0.2) is 12.7 Å². The molecule has 1 heterocycles. The van der Waals surface area contributed by atoms with E-state index in [9.17, 15) is 18.0 Å². The third-order valence-corrected chi connectivity index (χ3v) is 5.66. The molecule has 1 aliphatic rings. The minimum absolute atomic E-state index is 0.0566. The highest BCUT2D eigenvalue weighted by Gasteiger charge is 2.41. The minimum Gasteiger partial charge on any atom is -0.348 e. The van der Waals surface area contributed by atoms with Crippen molar-refractivity contribution in [3.63, 3.8) is 0 Å². The number of hydrogen-bond acceptors (Lipinski definition) is 4. The van der Waals surface area contributed by atoms with Gasteiger partial charge in [0.2, 0.25) is 5.91 Å². The van der Waals surface area contributed by atoms with Crippen LogP contribution in [-0.4, -0.2) is 31.1 Å². The minimum atomic E-state index is -3.97. The summed E-state index contributed by atoms with van der Waals surface area (Å²) in [5, 5.41) is 2.71. The number of sulfonamides is 1. The second kappa shape index (κ2) is 6.09. The summed E-state index contributed by atoms with van der Waals surface area (Å²) < 4.78 is 25.4. The summed E-state index contributed by atoms with van der Waals surface area (Å²) in [6.07, 6.45) is 0. The number of amides is 2. The standard InChI is InChI=1S/C17H16N2O4S/c1-12(13-7-3-2-4-8-13)18-16(20)11-19-17(21)14-9-5-6-10-15(14)24(19,22)23/h2-10,12H,11H2,1H3,(H,18,20)/t12-/m0/s1. The fourth-order valence-electron chi connectivity index (χ4n) is 2.63. The third kappa shape index (κ3) is 2.78. The molecule has 0 bridgehead atoms. The normalized spacial score (nSPS) is 16.5. The molecule has 2 amide bonds. The van der Waals surface area contributed by atoms with Gasteiger partial charge < -0.3 is 5.32 Å². The van der Waals surface area contributed by atoms with Gasteiger partial charge in [0.05, 0.1) is 11.6 Å². The van der Waals surface area contributed by atoms with Crippen molar-refractivity contribution in [3.05, 3.63) is 65.7 Å². The molecule has 2 aromatic carbocycles. The SMILES string of the molecule is C[C@H](NC(=O)CN1C(=O)c2ccccc2S1(=O)=O)c1ccccc1. The first kappa shape index (κ1) is 16.2. The highest BCUT2D eigenvalue weighted by atomic mass is 32.2. The lowest BCUT2D eigenvalue weighted by Gasteiger charge is -2.18. The second-order valence-electron chi connectivity index (χ2n) is 5.51. The predicted molar refractivity (Wildman–Crippen MR) is 87.7 cm³/mol. The molecule has 0 saturated heterocycles. The van der Waals surface area contributed by atoms with Gasteiger partial charge in [-0.15, -0.1) is 0 Å². The van der Waals surface area contributed by atoms with Gasteiger partial charge in [0, 0.05) is 0 Å². The van der Waals surface area contributed by atoms with Crippen LogP contribution in [0.4, 0.5) is 0 Å². The molecule has 6 nitrogen and oxygen atoms in total. The van der Waals surface area contributed by atoms with Crippen molar-refractivity contribution in [3.8, 4) is 0 Å². The zero-order chi connectivity index (χ0) is 17.3. The van der Waals surface area contributed by atoms with Crippen molar-refractivity contribution in [1.29, 1.82) is 0 Å². The summed E-state index contributed by atoms with van der Waals surface area (Å²) in [5.41, 5.74) is 0.992. The van der Waals surface area contributed by atoms with Crippen LogP contribution in [0.3, 0.4) is 0 Å². The largest absolute Gasteiger partial charge is 0.348 e. The van der Waals surface area contributed by atoms with Gasteiger partial charge in [0.1, 0.15) is 11.4 Å². The predicted octanol–water partition coefficient (Wildman–Crippen LogP) is 1.71. The van der Waals surface area contributed by atoms with Crippen molar-refractivity contribution >= 4 is 21.8 Å². The van der Waals surface area contributed by atoms with Crippen LogP contribution < -0.4 is 5.32 Å². The first-order valence-corrected chi connectivity index (χ1v) is 8.85. The van der Waals surface area contributed by atoms with Gasteiger partial charge >= 0.3 is 0 Å². The highest BCUT2D eigenvalue weighted by molar-refractivity contribution is 7.90. The maximum absolute atomic E-state index is 12.4. The molecule has 3 rings (SSSR count). The lowest BCUT2D eigenvalue weighted by molar-refractivity contribution is -0.121. The first-order valence-electron chi connectivity index (χ1n) is 7.41. The van der Waals surface area contributed by atoms with E-state index in [0.29, 0.717) is 4.31 Å². The average Bonchev–Trinajstić information content (AvgIpc) is 2.77. The lowest BCUT2D eigenvalue weighted by Crippen LogP contribution is -2.41. The average molecular weight is 344 g/mol. The molecule has 7 heteroatoms. The molecule has 24 heavy (non-hydrogen) atoms. The van der Waals surface area contributed by atoms with Gasteiger partial charge in [-0.05, 0) is 24.6 Å². The Hall–Kier alpha value is -2.67. The van der Waals surface area contributed by atoms with Crippen molar-refractivity contribution in [2.75, 3.05) is 6.54 Å². The Balaban J connectivity index is 1.75. The Morgan fingerprint density at radius 3 is 2.38 bits per heavy atom. The van der Waals surface area contributed by atoms with Crippen LogP contribution in [0.2, 0.25) is 0 Å². The number of carbonyl (C=O) groups is 2. The zero-order valence-electron chi connectivity index (χ0n) is 13.0. The van der Waals surface area contributed by atoms with Gasteiger partial charge in [0.15, 0.2) is 0 Å². The van der Waals surface area contributed by atoms with E-state index in [1.54, 1.807) is 19.1 Å². The van der Waals surface area contributed by atoms with E-state index in [1.807, 2.05) is 30.3 Å². The number of benzene rings is 2. The van der Waals surface area contributed by atoms with E-state index in [2.05, 4.69) is 5.32 Å². The van der Waals surface area contributed by atoms with Gasteiger partial charge in [-0.1, -0.05) is 42.5 Å². The Morgan fingerprint density at radius 2 is 1.71 bits per heavy atom. The Bertz CT molecular complexity index is 894. The van der Waals surface area contributed by atoms with Crippen molar-refractivity contribution < 1.29 is 18.0 Å². The summed E-state index contributed by atoms with van der Waals surface area (Å²) in [6, 6.07) is 14.9. The lowest BCUT2D eigenvalue weighted by atomic mass is 10.1. The smallest absolute Gasteiger partial charge is 0.269 e. The van der Waals surface area contributed by atoms with Crippen molar-refractivity contribution in [2.45, 2.75) is 17.9 Å². The fraction of sp³-hybridized carbons (Fsp3) is 0.176. The van der Waals surface area contributed by atoms with Crippen LogP contribution in [0.1, 0.15) is 28.9 Å². The summed E-state index contributed by atoms with van der Waals surface area (Å²) in [7, 11) is -3.97. The molecule has 0 aromatic heterocycles. The second-order valence-corrected chi connectivity index (χ2v) is 7.34. The summed E-state index contributed by atoms with van der Waals surface area (Å²) in [6.45, 7) is 1.26. The number of nitrogens with one attached hydrogen (secondary N) is 1. The molecule has 0 spiro atoms. The topological polar surface area (TPSA) is 83.6 Å². The highest BCUT2D eigenvalue weighted by Crippen LogP contribution is 2.29. The number of nitrogens with zero attached hydrogens (tertiary/aromatic N) is 1. The van der Waals surface area contributed by atoms with E-state index in [0.717, 1.165) is 5.56 Å². The molecule has 0 radical (unpaired) electrons. The first-order chi connectivity index (χ1) is 11.4. The van der Waals surface area contributed by atoms with Crippen LogP contribution in [-0.2, 0) is 14.8 Å². The van der Waals surface area contributed by atoms with E-state index >= 15 is 0 Å². The monoisotopic (exact) mass is 344 g/mol. The van der Waals surface area contributed by atoms with Crippen LogP contribution >= 0.6 is 0 Å². The molecular weight excluding hydrogens is 328 g/mol. The quantitative estimate of drug-likeness (QED) is 0.915.